The van der Waals surface area contributed by atoms with E-state index in [1.807, 2.05) is 0 Å². The van der Waals surface area contributed by atoms with Crippen molar-refractivity contribution < 1.29 is 0 Å². The lowest BCUT2D eigenvalue weighted by Crippen LogP contribution is -2.20. The van der Waals surface area contributed by atoms with E-state index in [9.17, 15) is 0 Å². The summed E-state index contributed by atoms with van der Waals surface area (Å²) in [6, 6.07) is 86.9. The van der Waals surface area contributed by atoms with Crippen LogP contribution in [-0.2, 0) is 32.5 Å². The van der Waals surface area contributed by atoms with E-state index in [0.717, 1.165) is 0 Å². The van der Waals surface area contributed by atoms with Gasteiger partial charge >= 0.3 is 0 Å². The van der Waals surface area contributed by atoms with E-state index >= 15 is 0 Å². The molecule has 0 aliphatic carbocycles. The first kappa shape index (κ1) is 86.6. The van der Waals surface area contributed by atoms with Gasteiger partial charge in [0, 0.05) is 45.4 Å². The van der Waals surface area contributed by atoms with E-state index in [2.05, 4.69) is 462 Å². The van der Waals surface area contributed by atoms with E-state index in [1.54, 1.807) is 0 Å². The molecule has 0 atom stereocenters. The Morgan fingerprint density at radius 2 is 0.465 bits per heavy atom. The number of rotatable bonds is 10. The molecule has 0 radical (unpaired) electrons. The highest BCUT2D eigenvalue weighted by atomic mass is 15.1. The first-order valence-electron chi connectivity index (χ1n) is 41.8. The molecule has 13 rings (SSSR count). The Bertz CT molecular complexity index is 5160. The van der Waals surface area contributed by atoms with Crippen LogP contribution in [-0.4, -0.2) is 4.57 Å². The summed E-state index contributed by atoms with van der Waals surface area (Å²) in [5.74, 6) is 0.408. The first-order valence-corrected chi connectivity index (χ1v) is 41.8. The number of hydrogen-bond donors (Lipinski definition) is 0. The van der Waals surface area contributed by atoms with Crippen molar-refractivity contribution in [1.82, 2.24) is 4.57 Å². The summed E-state index contributed by atoms with van der Waals surface area (Å²) in [4.78, 5) is 2.33. The molecular weight excluding hydrogens is 1370 g/mol. The van der Waals surface area contributed by atoms with Gasteiger partial charge in [-0.3, -0.25) is 0 Å². The fourth-order valence-electron chi connectivity index (χ4n) is 15.7. The molecule has 2 nitrogen and oxygen atoms in total. The summed E-state index contributed by atoms with van der Waals surface area (Å²) >= 11 is 0. The van der Waals surface area contributed by atoms with Crippen molar-refractivity contribution in [2.24, 2.45) is 0 Å². The zero-order valence-electron chi connectivity index (χ0n) is 76.0. The number of fused-ring (bicyclic) bond motifs is 3. The lowest BCUT2D eigenvalue weighted by atomic mass is 9.73. The molecule has 0 bridgehead atoms. The van der Waals surface area contributed by atoms with Gasteiger partial charge in [-0.05, 0) is 324 Å². The minimum atomic E-state index is 0.0729. The van der Waals surface area contributed by atoms with Gasteiger partial charge in [-0.15, -0.1) is 0 Å². The van der Waals surface area contributed by atoms with Crippen LogP contribution in [0, 0.1) is 96.9 Å². The molecule has 1 heterocycles. The van der Waals surface area contributed by atoms with Gasteiger partial charge in [-0.25, -0.2) is 0 Å². The van der Waals surface area contributed by atoms with Crippen molar-refractivity contribution in [1.29, 1.82) is 0 Å². The second-order valence-corrected chi connectivity index (χ2v) is 39.6. The van der Waals surface area contributed by atoms with Crippen molar-refractivity contribution in [3.05, 3.63) is 375 Å². The Kier molecular flexibility index (Phi) is 25.8. The molecule has 12 aromatic carbocycles. The Morgan fingerprint density at radius 1 is 0.219 bits per heavy atom. The number of nitrogens with zero attached hydrogens (tertiary/aromatic N) is 2. The number of aromatic nitrogens is 1. The standard InChI is InChI=1S/C38H54.C30H38.C23H25N.C21H19N/c1-24-16-27(17-25(2)26(24)3)34(28-18-30(35(4,5)6)22-31(19-28)36(7,8)9)29-20-32(37(10,11)12)23-33(21-29)38(13,14)15;1-20-18-25(19-21(2)22(20)3)28(23-10-14-26(15-11-23)29(4,5)6)24-12-16-27(17-13-24)30(7,8)9;1-16-6-10-21(11-7-16)24(22-12-8-17(2)9-13-22)23-14-18(3)20(5)19(4)15-23;1-14-12-17(13-15(2)16(14)3)22-20-10-6-4-8-18(20)19-9-5-7-11-21(19)22/h16-23,34H,1-15H3;10-19,28H,1-9H3;6-15H,1-5H3;4-13H,1-3H3. The maximum Gasteiger partial charge on any atom is 0.0541 e. The zero-order chi connectivity index (χ0) is 83.8. The fourth-order valence-corrected chi connectivity index (χ4v) is 15.7. The van der Waals surface area contributed by atoms with Crippen molar-refractivity contribution in [2.75, 3.05) is 4.90 Å². The second kappa shape index (κ2) is 34.0. The number of benzene rings is 12. The Balaban J connectivity index is 0.000000164. The molecule has 0 saturated carbocycles. The van der Waals surface area contributed by atoms with Gasteiger partial charge in [0.05, 0.1) is 11.0 Å². The van der Waals surface area contributed by atoms with E-state index in [-0.39, 0.29) is 44.3 Å². The van der Waals surface area contributed by atoms with E-state index in [1.165, 1.54) is 189 Å². The molecule has 1 aromatic heterocycles. The molecule has 0 saturated heterocycles. The molecule has 0 spiro atoms. The van der Waals surface area contributed by atoms with Crippen LogP contribution in [0.2, 0.25) is 0 Å². The van der Waals surface area contributed by atoms with Gasteiger partial charge in [-0.2, -0.15) is 0 Å². The summed E-state index contributed by atoms with van der Waals surface area (Å²) < 4.78 is 2.38. The van der Waals surface area contributed by atoms with Gasteiger partial charge in [0.15, 0.2) is 0 Å². The lowest BCUT2D eigenvalue weighted by Gasteiger charge is -2.31. The minimum Gasteiger partial charge on any atom is -0.310 e. The summed E-state index contributed by atoms with van der Waals surface area (Å²) in [7, 11) is 0. The smallest absolute Gasteiger partial charge is 0.0541 e. The topological polar surface area (TPSA) is 8.17 Å². The van der Waals surface area contributed by atoms with Crippen molar-refractivity contribution in [3.8, 4) is 5.69 Å². The molecule has 0 aliphatic heterocycles. The van der Waals surface area contributed by atoms with Crippen molar-refractivity contribution in [2.45, 2.75) is 266 Å². The van der Waals surface area contributed by atoms with Crippen LogP contribution in [0.15, 0.2) is 231 Å². The summed E-state index contributed by atoms with van der Waals surface area (Å²) in [5.41, 5.74) is 43.6. The summed E-state index contributed by atoms with van der Waals surface area (Å²) in [5, 5.41) is 2.63. The van der Waals surface area contributed by atoms with Gasteiger partial charge in [-0.1, -0.05) is 306 Å². The number of para-hydroxylation sites is 2. The Hall–Kier alpha value is -9.76. The number of anilines is 3. The zero-order valence-corrected chi connectivity index (χ0v) is 76.0. The summed E-state index contributed by atoms with van der Waals surface area (Å²) in [6.07, 6.45) is 0. The van der Waals surface area contributed by atoms with Crippen LogP contribution < -0.4 is 4.90 Å². The third-order valence-electron chi connectivity index (χ3n) is 24.3. The Morgan fingerprint density at radius 3 is 0.746 bits per heavy atom. The predicted octanol–water partition coefficient (Wildman–Crippen LogP) is 31.8. The molecule has 0 unspecified atom stereocenters. The first-order chi connectivity index (χ1) is 53.1. The average molecular weight is 1510 g/mol. The average Bonchev–Trinajstić information content (AvgIpc) is 1.49. The number of aryl methyl sites for hydroxylation is 10. The lowest BCUT2D eigenvalue weighted by molar-refractivity contribution is 0.564. The van der Waals surface area contributed by atoms with Crippen molar-refractivity contribution in [3.63, 3.8) is 0 Å². The second-order valence-electron chi connectivity index (χ2n) is 39.6. The fraction of sp³-hybridized carbons (Fsp3) is 0.357. The molecule has 13 aromatic rings. The van der Waals surface area contributed by atoms with E-state index in [0.29, 0.717) is 0 Å². The maximum atomic E-state index is 2.49. The van der Waals surface area contributed by atoms with Crippen molar-refractivity contribution >= 4 is 38.9 Å². The molecule has 594 valence electrons. The maximum absolute atomic E-state index is 2.49. The molecule has 2 heteroatoms. The van der Waals surface area contributed by atoms with Crippen LogP contribution in [0.1, 0.15) is 281 Å². The largest absolute Gasteiger partial charge is 0.310 e. The molecular formula is C112H136N2. The van der Waals surface area contributed by atoms with Crippen LogP contribution in [0.3, 0.4) is 0 Å². The molecule has 0 N–H and O–H groups in total. The van der Waals surface area contributed by atoms with E-state index in [4.69, 9.17) is 0 Å². The summed E-state index contributed by atoms with van der Waals surface area (Å²) in [6.45, 7) is 72.6. The highest BCUT2D eigenvalue weighted by Crippen LogP contribution is 2.44. The van der Waals surface area contributed by atoms with Crippen LogP contribution in [0.4, 0.5) is 17.1 Å². The SMILES string of the molecule is Cc1cc(-n2c3ccccc3c3ccccc32)cc(C)c1C.Cc1cc(C(c2cc(C(C)(C)C)cc(C(C)(C)C)c2)c2cc(C(C)(C)C)cc(C(C)(C)C)c2)cc(C)c1C.Cc1cc(C(c2ccc(C(C)(C)C)cc2)c2ccc(C(C)(C)C)cc2)cc(C)c1C.Cc1ccc(N(c2ccc(C)cc2)c2cc(C)c(C)c(C)c2)cc1. The highest BCUT2D eigenvalue weighted by Gasteiger charge is 2.30. The molecule has 0 fully saturated rings. The van der Waals surface area contributed by atoms with E-state index < -0.39 is 0 Å². The van der Waals surface area contributed by atoms with Crippen LogP contribution in [0.5, 0.6) is 0 Å². The number of hydrogen-bond acceptors (Lipinski definition) is 1. The Labute approximate surface area is 690 Å². The predicted molar refractivity (Wildman–Crippen MR) is 501 cm³/mol. The normalized spacial score (nSPS) is 12.2. The van der Waals surface area contributed by atoms with Gasteiger partial charge in [0.2, 0.25) is 0 Å². The molecule has 0 aliphatic rings. The molecule has 114 heavy (non-hydrogen) atoms. The van der Waals surface area contributed by atoms with Gasteiger partial charge < -0.3 is 9.47 Å². The molecule has 0 amide bonds. The third kappa shape index (κ3) is 20.1. The van der Waals surface area contributed by atoms with Crippen LogP contribution >= 0.6 is 0 Å². The minimum absolute atomic E-state index is 0.0729. The van der Waals surface area contributed by atoms with Crippen LogP contribution in [0.25, 0.3) is 27.5 Å². The highest BCUT2D eigenvalue weighted by molar-refractivity contribution is 6.09. The third-order valence-corrected chi connectivity index (χ3v) is 24.3. The van der Waals surface area contributed by atoms with Gasteiger partial charge in [0.25, 0.3) is 0 Å². The quantitative estimate of drug-likeness (QED) is 0.124. The monoisotopic (exact) mass is 1510 g/mol. The van der Waals surface area contributed by atoms with Gasteiger partial charge in [0.1, 0.15) is 0 Å².